The third-order valence-corrected chi connectivity index (χ3v) is 0. The van der Waals surface area contributed by atoms with Crippen LogP contribution in [0.2, 0.25) is 0 Å². The maximum atomic E-state index is 8.06. The van der Waals surface area contributed by atoms with E-state index in [1.165, 1.54) is 0 Å². The van der Waals surface area contributed by atoms with Crippen molar-refractivity contribution in [1.82, 2.24) is 0 Å². The molecular formula is HFeKMnNiO. The van der Waals surface area contributed by atoms with Crippen LogP contribution in [0.25, 0.3) is 0 Å². The van der Waals surface area contributed by atoms with Crippen molar-refractivity contribution in [3.05, 3.63) is 0 Å². The summed E-state index contributed by atoms with van der Waals surface area (Å²) < 4.78 is 8.06. The summed E-state index contributed by atoms with van der Waals surface area (Å²) in [5, 5.41) is 0. The van der Waals surface area contributed by atoms with Crippen molar-refractivity contribution in [2.24, 2.45) is 0 Å². The first-order valence-corrected chi connectivity index (χ1v) is 0.636. The van der Waals surface area contributed by atoms with Crippen molar-refractivity contribution in [1.29, 1.82) is 0 Å². The Labute approximate surface area is 102 Å². The average Bonchev–Trinajstić information content (AvgIpc) is 1.00. The van der Waals surface area contributed by atoms with E-state index < -0.39 is 0 Å². The second kappa shape index (κ2) is 28.2. The molecule has 0 unspecified atom stereocenters. The minimum atomic E-state index is 0. The van der Waals surface area contributed by atoms with Crippen LogP contribution >= 0.6 is 0 Å². The third kappa shape index (κ3) is 19.5. The predicted molar refractivity (Wildman–Crippen MR) is 7.84 cm³/mol. The van der Waals surface area contributed by atoms with E-state index in [1.807, 2.05) is 0 Å². The molecule has 0 bridgehead atoms. The van der Waals surface area contributed by atoms with Crippen molar-refractivity contribution in [2.75, 3.05) is 0 Å². The van der Waals surface area contributed by atoms with Gasteiger partial charge in [0.15, 0.2) is 0 Å². The van der Waals surface area contributed by atoms with Crippen LogP contribution in [0, 0.1) is 0 Å². The van der Waals surface area contributed by atoms with Crippen LogP contribution in [-0.2, 0) is 53.3 Å². The summed E-state index contributed by atoms with van der Waals surface area (Å²) >= 11 is 1.69. The monoisotopic (exact) mass is 225 g/mol. The van der Waals surface area contributed by atoms with E-state index in [0.29, 0.717) is 0 Å². The van der Waals surface area contributed by atoms with E-state index >= 15 is 0 Å². The Bertz CT molecular complexity index is 11.6. The Kier molecular flexibility index (Phi) is 138. The molecule has 0 aromatic carbocycles. The fraction of sp³-hybridized carbons (Fsp3) is 0. The van der Waals surface area contributed by atoms with Gasteiger partial charge in [0, 0.05) is 33.6 Å². The van der Waals surface area contributed by atoms with Crippen LogP contribution in [0.1, 0.15) is 0 Å². The standard InChI is InChI=1S/Fe.K.Mn.Ni.O.H. The summed E-state index contributed by atoms with van der Waals surface area (Å²) in [7, 11) is 0. The Balaban J connectivity index is -0.00000000167. The molecule has 0 saturated carbocycles. The Morgan fingerprint density at radius 2 is 1.20 bits per heavy atom. The SMILES string of the molecule is [Fe].[KH].[Ni].[O]=[Mn]. The molecule has 0 aliphatic carbocycles. The van der Waals surface area contributed by atoms with E-state index in [0.717, 1.165) is 0 Å². The van der Waals surface area contributed by atoms with Crippen LogP contribution in [-0.4, -0.2) is 51.4 Å². The fourth-order valence-corrected chi connectivity index (χ4v) is 0. The van der Waals surface area contributed by atoms with Gasteiger partial charge in [-0.1, -0.05) is 0 Å². The summed E-state index contributed by atoms with van der Waals surface area (Å²) in [5.74, 6) is 0. The van der Waals surface area contributed by atoms with E-state index in [1.54, 1.807) is 15.9 Å². The molecule has 0 rings (SSSR count). The molecule has 0 saturated heterocycles. The fourth-order valence-electron chi connectivity index (χ4n) is 0. The third-order valence-electron chi connectivity index (χ3n) is 0. The zero-order valence-corrected chi connectivity index (χ0v) is 4.73. The molecule has 0 heterocycles. The van der Waals surface area contributed by atoms with Crippen molar-refractivity contribution in [2.45, 2.75) is 0 Å². The summed E-state index contributed by atoms with van der Waals surface area (Å²) in [6.45, 7) is 0. The molecular weight excluding hydrogens is 225 g/mol. The summed E-state index contributed by atoms with van der Waals surface area (Å²) in [6, 6.07) is 0. The topological polar surface area (TPSA) is 17.1 Å². The van der Waals surface area contributed by atoms with Gasteiger partial charge >= 0.3 is 71.2 Å². The van der Waals surface area contributed by atoms with Gasteiger partial charge in [-0.15, -0.1) is 0 Å². The van der Waals surface area contributed by atoms with Crippen LogP contribution in [0.5, 0.6) is 0 Å². The first-order valence-electron chi connectivity index (χ1n) is 0.154. The first-order chi connectivity index (χ1) is 1.00. The summed E-state index contributed by atoms with van der Waals surface area (Å²) in [4.78, 5) is 0. The Morgan fingerprint density at radius 3 is 1.20 bits per heavy atom. The molecule has 0 aromatic rings. The van der Waals surface area contributed by atoms with E-state index in [2.05, 4.69) is 0 Å². The van der Waals surface area contributed by atoms with Crippen molar-refractivity contribution in [3.8, 4) is 0 Å². The van der Waals surface area contributed by atoms with Gasteiger partial charge in [-0.3, -0.25) is 0 Å². The van der Waals surface area contributed by atoms with E-state index in [-0.39, 0.29) is 84.9 Å². The van der Waals surface area contributed by atoms with Crippen LogP contribution in [0.4, 0.5) is 0 Å². The number of rotatable bonds is 0. The number of hydrogen-bond acceptors (Lipinski definition) is 1. The van der Waals surface area contributed by atoms with Crippen LogP contribution in [0.15, 0.2) is 0 Å². The Morgan fingerprint density at radius 1 is 1.20 bits per heavy atom. The molecule has 33 valence electrons. The van der Waals surface area contributed by atoms with Crippen molar-refractivity contribution in [3.63, 3.8) is 0 Å². The molecule has 5 heteroatoms. The van der Waals surface area contributed by atoms with Crippen molar-refractivity contribution < 1.29 is 53.3 Å². The summed E-state index contributed by atoms with van der Waals surface area (Å²) in [5.41, 5.74) is 0. The molecule has 1 nitrogen and oxygen atoms in total. The van der Waals surface area contributed by atoms with Gasteiger partial charge in [0.25, 0.3) is 0 Å². The zero-order valence-electron chi connectivity index (χ0n) is 1.46. The molecule has 0 aliphatic rings. The average molecular weight is 226 g/mol. The first kappa shape index (κ1) is 24.6. The van der Waals surface area contributed by atoms with Crippen LogP contribution in [0.3, 0.4) is 0 Å². The van der Waals surface area contributed by atoms with Gasteiger partial charge in [0.05, 0.1) is 0 Å². The molecule has 0 aromatic heterocycles. The van der Waals surface area contributed by atoms with Gasteiger partial charge in [0.1, 0.15) is 0 Å². The minimum absolute atomic E-state index is 0. The molecule has 0 N–H and O–H groups in total. The van der Waals surface area contributed by atoms with E-state index in [4.69, 9.17) is 3.83 Å². The maximum absolute atomic E-state index is 8.06. The van der Waals surface area contributed by atoms with Gasteiger partial charge in [-0.25, -0.2) is 0 Å². The van der Waals surface area contributed by atoms with Crippen molar-refractivity contribution >= 4 is 51.4 Å². The Hall–Kier alpha value is 2.97. The predicted octanol–water partition coefficient (Wildman–Crippen LogP) is -0.775. The van der Waals surface area contributed by atoms with Gasteiger partial charge < -0.3 is 0 Å². The quantitative estimate of drug-likeness (QED) is 0.495. The zero-order chi connectivity index (χ0) is 2.00. The molecule has 0 amide bonds. The molecule has 0 spiro atoms. The molecule has 0 atom stereocenters. The second-order valence-electron chi connectivity index (χ2n) is 0. The van der Waals surface area contributed by atoms with Gasteiger partial charge in [0.2, 0.25) is 0 Å². The van der Waals surface area contributed by atoms with Crippen LogP contribution < -0.4 is 0 Å². The molecule has 0 radical (unpaired) electrons. The second-order valence-corrected chi connectivity index (χ2v) is 0. The molecule has 0 fully saturated rings. The summed E-state index contributed by atoms with van der Waals surface area (Å²) in [6.07, 6.45) is 0. The van der Waals surface area contributed by atoms with Gasteiger partial charge in [-0.05, 0) is 0 Å². The molecule has 5 heavy (non-hydrogen) atoms. The normalized spacial score (nSPS) is 0.800. The van der Waals surface area contributed by atoms with E-state index in [9.17, 15) is 0 Å². The number of hydrogen-bond donors (Lipinski definition) is 0. The molecule has 0 aliphatic heterocycles. The van der Waals surface area contributed by atoms with Gasteiger partial charge in [-0.2, -0.15) is 0 Å².